The molecule has 0 unspecified atom stereocenters. The monoisotopic (exact) mass is 437 g/mol. The summed E-state index contributed by atoms with van der Waals surface area (Å²) in [6, 6.07) is 18.7. The molecule has 1 fully saturated rings. The molecule has 1 aliphatic rings. The van der Waals surface area contributed by atoms with Gasteiger partial charge in [0.2, 0.25) is 10.0 Å². The van der Waals surface area contributed by atoms with Gasteiger partial charge in [-0.1, -0.05) is 18.2 Å². The van der Waals surface area contributed by atoms with Gasteiger partial charge in [-0.3, -0.25) is 9.78 Å². The second-order valence-corrected chi connectivity index (χ2v) is 9.03. The number of rotatable bonds is 6. The van der Waals surface area contributed by atoms with Gasteiger partial charge >= 0.3 is 0 Å². The van der Waals surface area contributed by atoms with E-state index < -0.39 is 10.0 Å². The molecule has 1 amide bonds. The van der Waals surface area contributed by atoms with Crippen LogP contribution in [0.3, 0.4) is 0 Å². The lowest BCUT2D eigenvalue weighted by Crippen LogP contribution is -2.46. The minimum absolute atomic E-state index is 0.0719. The number of hydrogen-bond acceptors (Lipinski definition) is 5. The van der Waals surface area contributed by atoms with Crippen molar-refractivity contribution in [2.45, 2.75) is 23.8 Å². The van der Waals surface area contributed by atoms with Gasteiger partial charge in [0, 0.05) is 30.9 Å². The number of piperidine rings is 1. The van der Waals surface area contributed by atoms with Crippen LogP contribution in [0.25, 0.3) is 0 Å². The summed E-state index contributed by atoms with van der Waals surface area (Å²) >= 11 is 0. The Kier molecular flexibility index (Phi) is 6.29. The first-order valence-corrected chi connectivity index (χ1v) is 11.5. The van der Waals surface area contributed by atoms with Gasteiger partial charge in [0.1, 0.15) is 11.5 Å². The molecule has 0 radical (unpaired) electrons. The van der Waals surface area contributed by atoms with Crippen molar-refractivity contribution in [2.75, 3.05) is 13.1 Å². The fourth-order valence-electron chi connectivity index (χ4n) is 3.48. The molecule has 0 spiro atoms. The number of aromatic nitrogens is 1. The molecule has 1 aromatic heterocycles. The van der Waals surface area contributed by atoms with E-state index in [-0.39, 0.29) is 16.8 Å². The van der Waals surface area contributed by atoms with Crippen LogP contribution in [0, 0.1) is 0 Å². The molecule has 31 heavy (non-hydrogen) atoms. The lowest BCUT2D eigenvalue weighted by Gasteiger charge is -2.32. The molecule has 0 atom stereocenters. The fourth-order valence-corrected chi connectivity index (χ4v) is 4.81. The molecule has 2 heterocycles. The highest BCUT2D eigenvalue weighted by Crippen LogP contribution is 2.22. The Morgan fingerprint density at radius 1 is 0.935 bits per heavy atom. The summed E-state index contributed by atoms with van der Waals surface area (Å²) in [6.07, 6.45) is 4.43. The molecular formula is C23H23N3O4S. The van der Waals surface area contributed by atoms with Crippen molar-refractivity contribution in [3.05, 3.63) is 84.7 Å². The molecule has 4 rings (SSSR count). The van der Waals surface area contributed by atoms with Gasteiger partial charge in [0.15, 0.2) is 0 Å². The average molecular weight is 438 g/mol. The Morgan fingerprint density at radius 3 is 2.29 bits per heavy atom. The summed E-state index contributed by atoms with van der Waals surface area (Å²) in [6.45, 7) is 0.990. The number of benzene rings is 2. The second kappa shape index (κ2) is 9.28. The lowest BCUT2D eigenvalue weighted by molar-refractivity contribution is 0.0711. The van der Waals surface area contributed by atoms with Crippen LogP contribution in [-0.4, -0.2) is 43.3 Å². The molecular weight excluding hydrogens is 414 g/mol. The van der Waals surface area contributed by atoms with E-state index in [0.717, 1.165) is 0 Å². The molecule has 8 heteroatoms. The lowest BCUT2D eigenvalue weighted by atomic mass is 10.0. The third kappa shape index (κ3) is 5.28. The maximum atomic E-state index is 12.8. The van der Waals surface area contributed by atoms with Crippen molar-refractivity contribution in [2.24, 2.45) is 0 Å². The number of nitrogens with zero attached hydrogens (tertiary/aromatic N) is 2. The number of ether oxygens (including phenoxy) is 1. The summed E-state index contributed by atoms with van der Waals surface area (Å²) in [5.41, 5.74) is 0.571. The molecule has 2 aromatic carbocycles. The first kappa shape index (κ1) is 21.0. The summed E-state index contributed by atoms with van der Waals surface area (Å²) < 4.78 is 33.4. The summed E-state index contributed by atoms with van der Waals surface area (Å²) in [5, 5.41) is 0. The zero-order valence-electron chi connectivity index (χ0n) is 16.8. The third-order valence-corrected chi connectivity index (χ3v) is 6.67. The Bertz CT molecular complexity index is 1110. The predicted octanol–water partition coefficient (Wildman–Crippen LogP) is 3.46. The summed E-state index contributed by atoms with van der Waals surface area (Å²) in [4.78, 5) is 18.8. The highest BCUT2D eigenvalue weighted by molar-refractivity contribution is 7.89. The molecule has 7 nitrogen and oxygen atoms in total. The number of carbonyl (C=O) groups excluding carboxylic acids is 1. The Balaban J connectivity index is 1.32. The minimum atomic E-state index is -3.55. The Morgan fingerprint density at radius 2 is 1.65 bits per heavy atom. The van der Waals surface area contributed by atoms with Crippen LogP contribution in [0.5, 0.6) is 11.5 Å². The smallest absolute Gasteiger partial charge is 0.253 e. The van der Waals surface area contributed by atoms with E-state index in [0.29, 0.717) is 43.0 Å². The number of amides is 1. The first-order chi connectivity index (χ1) is 15.0. The van der Waals surface area contributed by atoms with Crippen molar-refractivity contribution >= 4 is 15.9 Å². The number of hydrogen-bond donors (Lipinski definition) is 1. The molecule has 1 N–H and O–H groups in total. The van der Waals surface area contributed by atoms with Crippen LogP contribution in [0.1, 0.15) is 23.2 Å². The van der Waals surface area contributed by atoms with Gasteiger partial charge in [-0.2, -0.15) is 0 Å². The predicted molar refractivity (Wildman–Crippen MR) is 116 cm³/mol. The van der Waals surface area contributed by atoms with Crippen LogP contribution in [0.4, 0.5) is 0 Å². The van der Waals surface area contributed by atoms with Crippen LogP contribution in [0.15, 0.2) is 84.0 Å². The standard InChI is InChI=1S/C23H23N3O4S/c27-23(18-8-10-20(11-9-18)30-21-5-4-14-24-17-21)26-15-12-19(13-16-26)25-31(28,29)22-6-2-1-3-7-22/h1-11,14,17,19,25H,12-13,15-16H2. The Labute approximate surface area is 181 Å². The Hall–Kier alpha value is -3.23. The molecule has 1 aliphatic heterocycles. The zero-order valence-corrected chi connectivity index (χ0v) is 17.7. The first-order valence-electron chi connectivity index (χ1n) is 10.1. The number of pyridine rings is 1. The van der Waals surface area contributed by atoms with E-state index in [1.807, 2.05) is 6.07 Å². The summed E-state index contributed by atoms with van der Waals surface area (Å²) in [7, 11) is -3.55. The maximum Gasteiger partial charge on any atom is 0.253 e. The fraction of sp³-hybridized carbons (Fsp3) is 0.217. The van der Waals surface area contributed by atoms with Crippen molar-refractivity contribution in [1.29, 1.82) is 0 Å². The van der Waals surface area contributed by atoms with E-state index in [2.05, 4.69) is 9.71 Å². The minimum Gasteiger partial charge on any atom is -0.456 e. The van der Waals surface area contributed by atoms with Crippen molar-refractivity contribution in [1.82, 2.24) is 14.6 Å². The van der Waals surface area contributed by atoms with E-state index in [1.165, 1.54) is 0 Å². The maximum absolute atomic E-state index is 12.8. The van der Waals surface area contributed by atoms with Gasteiger partial charge in [0.25, 0.3) is 5.91 Å². The highest BCUT2D eigenvalue weighted by atomic mass is 32.2. The average Bonchev–Trinajstić information content (AvgIpc) is 2.81. The van der Waals surface area contributed by atoms with Crippen molar-refractivity contribution in [3.8, 4) is 11.5 Å². The quantitative estimate of drug-likeness (QED) is 0.638. The van der Waals surface area contributed by atoms with Gasteiger partial charge in [-0.15, -0.1) is 0 Å². The van der Waals surface area contributed by atoms with Gasteiger partial charge in [-0.05, 0) is 61.4 Å². The number of nitrogens with one attached hydrogen (secondary N) is 1. The SMILES string of the molecule is O=C(c1ccc(Oc2cccnc2)cc1)N1CCC(NS(=O)(=O)c2ccccc2)CC1. The molecule has 160 valence electrons. The molecule has 3 aromatic rings. The van der Waals surface area contributed by atoms with E-state index >= 15 is 0 Å². The van der Waals surface area contributed by atoms with Crippen LogP contribution in [-0.2, 0) is 10.0 Å². The van der Waals surface area contributed by atoms with Crippen LogP contribution < -0.4 is 9.46 Å². The van der Waals surface area contributed by atoms with E-state index in [4.69, 9.17) is 4.74 Å². The number of carbonyl (C=O) groups is 1. The van der Waals surface area contributed by atoms with Gasteiger partial charge in [0.05, 0.1) is 11.1 Å². The molecule has 0 bridgehead atoms. The van der Waals surface area contributed by atoms with Crippen LogP contribution >= 0.6 is 0 Å². The van der Waals surface area contributed by atoms with Crippen LogP contribution in [0.2, 0.25) is 0 Å². The van der Waals surface area contributed by atoms with Crippen molar-refractivity contribution < 1.29 is 17.9 Å². The number of sulfonamides is 1. The normalized spacial score (nSPS) is 14.9. The second-order valence-electron chi connectivity index (χ2n) is 7.32. The molecule has 1 saturated heterocycles. The molecule has 0 saturated carbocycles. The van der Waals surface area contributed by atoms with E-state index in [9.17, 15) is 13.2 Å². The number of likely N-dealkylation sites (tertiary alicyclic amines) is 1. The summed E-state index contributed by atoms with van der Waals surface area (Å²) in [5.74, 6) is 1.18. The zero-order chi connectivity index (χ0) is 21.7. The van der Waals surface area contributed by atoms with Gasteiger partial charge < -0.3 is 9.64 Å². The topological polar surface area (TPSA) is 88.6 Å². The third-order valence-electron chi connectivity index (χ3n) is 5.13. The van der Waals surface area contributed by atoms with E-state index in [1.54, 1.807) is 78.0 Å². The highest BCUT2D eigenvalue weighted by Gasteiger charge is 2.27. The largest absolute Gasteiger partial charge is 0.456 e. The van der Waals surface area contributed by atoms with Gasteiger partial charge in [-0.25, -0.2) is 13.1 Å². The molecule has 0 aliphatic carbocycles. The van der Waals surface area contributed by atoms with Crippen molar-refractivity contribution in [3.63, 3.8) is 0 Å².